The van der Waals surface area contributed by atoms with Gasteiger partial charge in [0.25, 0.3) is 0 Å². The molecule has 0 saturated heterocycles. The van der Waals surface area contributed by atoms with E-state index in [1.54, 1.807) is 36.4 Å². The van der Waals surface area contributed by atoms with Crippen LogP contribution < -0.4 is 5.32 Å². The largest absolute Gasteiger partial charge is 0.506 e. The van der Waals surface area contributed by atoms with Crippen LogP contribution in [0.5, 0.6) is 5.75 Å². The van der Waals surface area contributed by atoms with Crippen molar-refractivity contribution < 1.29 is 22.7 Å². The van der Waals surface area contributed by atoms with Crippen molar-refractivity contribution >= 4 is 23.2 Å². The number of hydrogen-bond acceptors (Lipinski definition) is 3. The van der Waals surface area contributed by atoms with E-state index in [-0.39, 0.29) is 29.3 Å². The third kappa shape index (κ3) is 5.64. The lowest BCUT2D eigenvalue weighted by atomic mass is 9.79. The van der Waals surface area contributed by atoms with Gasteiger partial charge in [-0.05, 0) is 47.5 Å². The summed E-state index contributed by atoms with van der Waals surface area (Å²) in [6.07, 6.45) is -3.28. The number of rotatable bonds is 7. The molecule has 2 N–H and O–H groups in total. The van der Waals surface area contributed by atoms with Gasteiger partial charge in [0, 0.05) is 24.7 Å². The molecule has 0 spiro atoms. The second kappa shape index (κ2) is 10.5. The fraction of sp³-hybridized carbons (Fsp3) is 0.148. The van der Waals surface area contributed by atoms with Crippen molar-refractivity contribution in [3.8, 4) is 5.75 Å². The van der Waals surface area contributed by atoms with E-state index in [1.165, 1.54) is 12.3 Å². The molecule has 0 fully saturated rings. The van der Waals surface area contributed by atoms with Crippen LogP contribution in [0.15, 0.2) is 85.1 Å². The molecule has 9 heteroatoms. The van der Waals surface area contributed by atoms with Gasteiger partial charge in [0.1, 0.15) is 11.6 Å². The number of aromatic nitrogens is 1. The molecule has 3 aromatic carbocycles. The molecule has 36 heavy (non-hydrogen) atoms. The number of halogens is 6. The van der Waals surface area contributed by atoms with Crippen molar-refractivity contribution in [3.63, 3.8) is 0 Å². The Hall–Kier alpha value is -3.13. The summed E-state index contributed by atoms with van der Waals surface area (Å²) in [6, 6.07) is 19.4. The summed E-state index contributed by atoms with van der Waals surface area (Å²) in [6.45, 7) is -0.0125. The predicted molar refractivity (Wildman–Crippen MR) is 132 cm³/mol. The molecule has 0 radical (unpaired) electrons. The van der Waals surface area contributed by atoms with Gasteiger partial charge >= 0.3 is 6.18 Å². The quantitative estimate of drug-likeness (QED) is 0.241. The summed E-state index contributed by atoms with van der Waals surface area (Å²) >= 11 is 12.1. The molecule has 0 unspecified atom stereocenters. The number of nitrogens with one attached hydrogen (secondary N) is 1. The average molecular weight is 535 g/mol. The van der Waals surface area contributed by atoms with E-state index in [4.69, 9.17) is 23.2 Å². The molecule has 4 aromatic rings. The molecule has 0 aliphatic heterocycles. The van der Waals surface area contributed by atoms with E-state index in [2.05, 4.69) is 10.3 Å². The van der Waals surface area contributed by atoms with Crippen LogP contribution in [0.1, 0.15) is 27.9 Å². The van der Waals surface area contributed by atoms with Gasteiger partial charge in [0.05, 0.1) is 26.8 Å². The average Bonchev–Trinajstić information content (AvgIpc) is 2.84. The van der Waals surface area contributed by atoms with Crippen LogP contribution in [0.4, 0.5) is 17.6 Å². The molecule has 1 heterocycles. The Balaban J connectivity index is 1.94. The summed E-state index contributed by atoms with van der Waals surface area (Å²) in [7, 11) is 0. The molecule has 0 aliphatic carbocycles. The van der Waals surface area contributed by atoms with Gasteiger partial charge in [-0.1, -0.05) is 65.7 Å². The predicted octanol–water partition coefficient (Wildman–Crippen LogP) is 7.53. The summed E-state index contributed by atoms with van der Waals surface area (Å²) in [5.41, 5.74) is -1.08. The first-order valence-electron chi connectivity index (χ1n) is 10.8. The number of hydrogen-bond donors (Lipinski definition) is 2. The summed E-state index contributed by atoms with van der Waals surface area (Å²) in [4.78, 5) is 4.41. The number of phenolic OH excluding ortho intramolecular Hbond substituents is 1. The maximum absolute atomic E-state index is 14.7. The van der Waals surface area contributed by atoms with Gasteiger partial charge in [-0.3, -0.25) is 10.3 Å². The Kier molecular flexibility index (Phi) is 7.54. The Morgan fingerprint density at radius 1 is 0.861 bits per heavy atom. The summed E-state index contributed by atoms with van der Waals surface area (Å²) in [5.74, 6) is -1.21. The smallest absolute Gasteiger partial charge is 0.416 e. The van der Waals surface area contributed by atoms with E-state index in [9.17, 15) is 22.7 Å². The van der Waals surface area contributed by atoms with Crippen LogP contribution in [-0.4, -0.2) is 10.1 Å². The summed E-state index contributed by atoms with van der Waals surface area (Å²) in [5, 5.41) is 14.2. The van der Waals surface area contributed by atoms with E-state index in [0.29, 0.717) is 22.3 Å². The number of pyridine rings is 1. The van der Waals surface area contributed by atoms with Gasteiger partial charge in [0.15, 0.2) is 0 Å². The molecule has 0 aliphatic rings. The van der Waals surface area contributed by atoms with Gasteiger partial charge in [0.2, 0.25) is 0 Å². The monoisotopic (exact) mass is 534 g/mol. The lowest BCUT2D eigenvalue weighted by molar-refractivity contribution is -0.137. The second-order valence-corrected chi connectivity index (χ2v) is 9.10. The third-order valence-electron chi connectivity index (χ3n) is 5.85. The normalized spacial score (nSPS) is 13.4. The standard InChI is InChI=1S/C27H20Cl2F4N2O/c28-21-9-10-24(34-16-21)26(14-17-5-2-1-3-6-17,35-15-18-7-4-8-23(29)25(18)36)19-11-20(27(31,32)33)13-22(30)12-19/h1-13,16,35-36H,14-15H2/t26-/m0/s1. The van der Waals surface area contributed by atoms with Crippen LogP contribution in [0.25, 0.3) is 0 Å². The van der Waals surface area contributed by atoms with Gasteiger partial charge in [-0.15, -0.1) is 0 Å². The molecule has 1 atom stereocenters. The number of nitrogens with zero attached hydrogens (tertiary/aromatic N) is 1. The van der Waals surface area contributed by atoms with Crippen molar-refractivity contribution in [1.82, 2.24) is 10.3 Å². The third-order valence-corrected chi connectivity index (χ3v) is 6.37. The van der Waals surface area contributed by atoms with E-state index in [0.717, 1.165) is 17.7 Å². The van der Waals surface area contributed by atoms with Crippen molar-refractivity contribution in [3.05, 3.63) is 129 Å². The van der Waals surface area contributed by atoms with Crippen LogP contribution in [0.2, 0.25) is 10.0 Å². The molecular weight excluding hydrogens is 515 g/mol. The Labute approximate surface area is 215 Å². The first kappa shape index (κ1) is 25.9. The summed E-state index contributed by atoms with van der Waals surface area (Å²) < 4.78 is 55.8. The zero-order valence-corrected chi connectivity index (χ0v) is 20.2. The molecule has 1 aromatic heterocycles. The second-order valence-electron chi connectivity index (χ2n) is 8.26. The molecular formula is C27H20Cl2F4N2O. The molecule has 0 amide bonds. The minimum atomic E-state index is -4.77. The maximum Gasteiger partial charge on any atom is 0.416 e. The molecule has 3 nitrogen and oxygen atoms in total. The zero-order chi connectivity index (χ0) is 25.9. The maximum atomic E-state index is 14.7. The van der Waals surface area contributed by atoms with Crippen molar-refractivity contribution in [2.24, 2.45) is 0 Å². The van der Waals surface area contributed by atoms with E-state index >= 15 is 0 Å². The van der Waals surface area contributed by atoms with Crippen molar-refractivity contribution in [2.75, 3.05) is 0 Å². The number of phenols is 1. The highest BCUT2D eigenvalue weighted by molar-refractivity contribution is 6.32. The number of benzene rings is 3. The Bertz CT molecular complexity index is 1350. The van der Waals surface area contributed by atoms with Gasteiger partial charge < -0.3 is 5.11 Å². The lowest BCUT2D eigenvalue weighted by Gasteiger charge is -2.36. The van der Waals surface area contributed by atoms with Crippen LogP contribution in [0, 0.1) is 5.82 Å². The first-order valence-corrected chi connectivity index (χ1v) is 11.6. The first-order chi connectivity index (χ1) is 17.1. The van der Waals surface area contributed by atoms with E-state index < -0.39 is 23.1 Å². The van der Waals surface area contributed by atoms with Gasteiger partial charge in [-0.2, -0.15) is 13.2 Å². The highest BCUT2D eigenvalue weighted by Gasteiger charge is 2.39. The molecule has 186 valence electrons. The van der Waals surface area contributed by atoms with Crippen LogP contribution in [0.3, 0.4) is 0 Å². The van der Waals surface area contributed by atoms with Crippen molar-refractivity contribution in [2.45, 2.75) is 24.7 Å². The van der Waals surface area contributed by atoms with E-state index in [1.807, 2.05) is 18.2 Å². The highest BCUT2D eigenvalue weighted by Crippen LogP contribution is 2.38. The fourth-order valence-corrected chi connectivity index (χ4v) is 4.38. The topological polar surface area (TPSA) is 45.1 Å². The number of aromatic hydroxyl groups is 1. The molecule has 0 saturated carbocycles. The zero-order valence-electron chi connectivity index (χ0n) is 18.7. The fourth-order valence-electron chi connectivity index (χ4n) is 4.07. The SMILES string of the molecule is Oc1c(Cl)cccc1CN[C@@](Cc1ccccc1)(c1cc(F)cc(C(F)(F)F)c1)c1ccc(Cl)cn1. The highest BCUT2D eigenvalue weighted by atomic mass is 35.5. The molecule has 0 bridgehead atoms. The number of alkyl halides is 3. The Morgan fingerprint density at radius 2 is 1.58 bits per heavy atom. The minimum Gasteiger partial charge on any atom is -0.506 e. The van der Waals surface area contributed by atoms with Gasteiger partial charge in [-0.25, -0.2) is 4.39 Å². The Morgan fingerprint density at radius 3 is 2.25 bits per heavy atom. The molecule has 4 rings (SSSR count). The number of para-hydroxylation sites is 1. The van der Waals surface area contributed by atoms with Crippen LogP contribution in [-0.2, 0) is 24.7 Å². The lowest BCUT2D eigenvalue weighted by Crippen LogP contribution is -2.46. The van der Waals surface area contributed by atoms with Crippen molar-refractivity contribution in [1.29, 1.82) is 0 Å². The minimum absolute atomic E-state index is 0.00928. The van der Waals surface area contributed by atoms with Crippen LogP contribution >= 0.6 is 23.2 Å².